The van der Waals surface area contributed by atoms with Crippen LogP contribution in [0.15, 0.2) is 12.4 Å². The number of aliphatic carboxylic acids is 1. The molecule has 0 aliphatic rings. The molecule has 96 valence electrons. The number of rotatable bonds is 6. The Balaban J connectivity index is 2.36. The smallest absolute Gasteiger partial charge is 0.323 e. The van der Waals surface area contributed by atoms with E-state index in [-0.39, 0.29) is 6.54 Å². The summed E-state index contributed by atoms with van der Waals surface area (Å²) in [6, 6.07) is -0.518. The predicted octanol–water partition coefficient (Wildman–Crippen LogP) is -0.992. The third-order valence-corrected chi connectivity index (χ3v) is 1.98. The second-order valence-corrected chi connectivity index (χ2v) is 3.35. The van der Waals surface area contributed by atoms with Crippen LogP contribution < -0.4 is 5.32 Å². The quantitative estimate of drug-likeness (QED) is 0.632. The van der Waals surface area contributed by atoms with Gasteiger partial charge in [-0.15, -0.1) is 11.5 Å². The highest BCUT2D eigenvalue weighted by Gasteiger charge is 2.14. The summed E-state index contributed by atoms with van der Waals surface area (Å²) in [7, 11) is 0. The van der Waals surface area contributed by atoms with E-state index in [1.54, 1.807) is 10.9 Å². The first-order chi connectivity index (χ1) is 8.63. The van der Waals surface area contributed by atoms with Crippen molar-refractivity contribution in [2.24, 2.45) is 0 Å². The van der Waals surface area contributed by atoms with Crippen molar-refractivity contribution in [2.45, 2.75) is 6.54 Å². The highest BCUT2D eigenvalue weighted by molar-refractivity contribution is 5.80. The average molecular weight is 251 g/mol. The van der Waals surface area contributed by atoms with Crippen molar-refractivity contribution in [3.05, 3.63) is 12.4 Å². The van der Waals surface area contributed by atoms with Gasteiger partial charge in [-0.25, -0.2) is 4.79 Å². The molecule has 2 N–H and O–H groups in total. The first kappa shape index (κ1) is 13.5. The zero-order valence-electron chi connectivity index (χ0n) is 9.61. The van der Waals surface area contributed by atoms with Gasteiger partial charge < -0.3 is 15.3 Å². The molecule has 0 radical (unpaired) electrons. The Morgan fingerprint density at radius 2 is 2.33 bits per heavy atom. The van der Waals surface area contributed by atoms with E-state index in [0.717, 1.165) is 4.90 Å². The van der Waals surface area contributed by atoms with Crippen LogP contribution in [0.1, 0.15) is 0 Å². The molecule has 0 atom stereocenters. The lowest BCUT2D eigenvalue weighted by Gasteiger charge is -2.18. The number of urea groups is 1. The SMILES string of the molecule is C#CCN(CC(=O)O)C(=O)NCCn1ccnn1. The molecule has 1 rings (SSSR count). The Kier molecular flexibility index (Phi) is 5.18. The van der Waals surface area contributed by atoms with E-state index in [2.05, 4.69) is 21.5 Å². The fraction of sp³-hybridized carbons (Fsp3) is 0.400. The number of carbonyl (C=O) groups excluding carboxylic acids is 1. The van der Waals surface area contributed by atoms with E-state index in [1.165, 1.54) is 6.20 Å². The van der Waals surface area contributed by atoms with Crippen molar-refractivity contribution >= 4 is 12.0 Å². The molecule has 8 nitrogen and oxygen atoms in total. The summed E-state index contributed by atoms with van der Waals surface area (Å²) in [4.78, 5) is 23.2. The van der Waals surface area contributed by atoms with Gasteiger partial charge in [0.15, 0.2) is 0 Å². The van der Waals surface area contributed by atoms with Crippen LogP contribution >= 0.6 is 0 Å². The van der Waals surface area contributed by atoms with E-state index in [1.807, 2.05) is 0 Å². The number of aromatic nitrogens is 3. The molecule has 0 aliphatic heterocycles. The molecular weight excluding hydrogens is 238 g/mol. The van der Waals surface area contributed by atoms with Crippen molar-refractivity contribution < 1.29 is 14.7 Å². The molecule has 0 unspecified atom stereocenters. The maximum atomic E-state index is 11.6. The van der Waals surface area contributed by atoms with Crippen molar-refractivity contribution in [3.63, 3.8) is 0 Å². The normalized spacial score (nSPS) is 9.50. The second-order valence-electron chi connectivity index (χ2n) is 3.35. The summed E-state index contributed by atoms with van der Waals surface area (Å²) in [6.45, 7) is 0.270. The third-order valence-electron chi connectivity index (χ3n) is 1.98. The van der Waals surface area contributed by atoms with Crippen LogP contribution in [0.4, 0.5) is 4.79 Å². The monoisotopic (exact) mass is 251 g/mol. The van der Waals surface area contributed by atoms with Gasteiger partial charge in [0, 0.05) is 12.7 Å². The molecule has 0 aromatic carbocycles. The lowest BCUT2D eigenvalue weighted by Crippen LogP contribution is -2.43. The number of nitrogens with zero attached hydrogens (tertiary/aromatic N) is 4. The summed E-state index contributed by atoms with van der Waals surface area (Å²) in [5.74, 6) is 1.12. The van der Waals surface area contributed by atoms with Gasteiger partial charge in [0.2, 0.25) is 0 Å². The third kappa shape index (κ3) is 4.52. The fourth-order valence-electron chi connectivity index (χ4n) is 1.21. The Morgan fingerprint density at radius 1 is 1.56 bits per heavy atom. The Bertz CT molecular complexity index is 437. The molecule has 2 amide bonds. The number of hydrogen-bond donors (Lipinski definition) is 2. The molecule has 1 heterocycles. The average Bonchev–Trinajstić information content (AvgIpc) is 2.81. The predicted molar refractivity (Wildman–Crippen MR) is 61.5 cm³/mol. The zero-order chi connectivity index (χ0) is 13.4. The summed E-state index contributed by atoms with van der Waals surface area (Å²) in [6.07, 6.45) is 8.24. The first-order valence-corrected chi connectivity index (χ1v) is 5.15. The molecule has 0 spiro atoms. The van der Waals surface area contributed by atoms with Crippen LogP contribution in [0.25, 0.3) is 0 Å². The number of hydrogen-bond acceptors (Lipinski definition) is 4. The second kappa shape index (κ2) is 6.90. The highest BCUT2D eigenvalue weighted by Crippen LogP contribution is 1.89. The van der Waals surface area contributed by atoms with Gasteiger partial charge >= 0.3 is 12.0 Å². The van der Waals surface area contributed by atoms with Crippen molar-refractivity contribution in [1.29, 1.82) is 0 Å². The van der Waals surface area contributed by atoms with Gasteiger partial charge in [-0.05, 0) is 0 Å². The molecule has 0 bridgehead atoms. The number of terminal acetylenes is 1. The van der Waals surface area contributed by atoms with E-state index in [9.17, 15) is 9.59 Å². The van der Waals surface area contributed by atoms with Crippen LogP contribution in [-0.4, -0.2) is 56.6 Å². The van der Waals surface area contributed by atoms with E-state index < -0.39 is 18.5 Å². The van der Waals surface area contributed by atoms with E-state index >= 15 is 0 Å². The molecule has 0 saturated carbocycles. The Morgan fingerprint density at radius 3 is 2.89 bits per heavy atom. The number of carbonyl (C=O) groups is 2. The fourth-order valence-corrected chi connectivity index (χ4v) is 1.21. The Hall–Kier alpha value is -2.56. The largest absolute Gasteiger partial charge is 0.480 e. The van der Waals surface area contributed by atoms with Crippen molar-refractivity contribution in [2.75, 3.05) is 19.6 Å². The first-order valence-electron chi connectivity index (χ1n) is 5.15. The van der Waals surface area contributed by atoms with Gasteiger partial charge in [-0.3, -0.25) is 9.48 Å². The summed E-state index contributed by atoms with van der Waals surface area (Å²) < 4.78 is 1.54. The number of amides is 2. The molecular formula is C10H13N5O3. The molecule has 0 aliphatic carbocycles. The summed E-state index contributed by atoms with van der Waals surface area (Å²) in [5.41, 5.74) is 0. The minimum absolute atomic E-state index is 0.0541. The molecule has 8 heteroatoms. The standard InChI is InChI=1S/C10H13N5O3/c1-2-5-14(8-9(16)17)10(18)11-3-6-15-7-4-12-13-15/h1,4,7H,3,5-6,8H2,(H,11,18)(H,16,17). The van der Waals surface area contributed by atoms with Gasteiger partial charge in [0.25, 0.3) is 0 Å². The maximum absolute atomic E-state index is 11.6. The summed E-state index contributed by atoms with van der Waals surface area (Å²) >= 11 is 0. The lowest BCUT2D eigenvalue weighted by atomic mass is 10.5. The highest BCUT2D eigenvalue weighted by atomic mass is 16.4. The van der Waals surface area contributed by atoms with Gasteiger partial charge in [-0.2, -0.15) is 0 Å². The topological polar surface area (TPSA) is 100 Å². The van der Waals surface area contributed by atoms with E-state index in [0.29, 0.717) is 13.1 Å². The minimum Gasteiger partial charge on any atom is -0.480 e. The van der Waals surface area contributed by atoms with Gasteiger partial charge in [-0.1, -0.05) is 11.1 Å². The molecule has 1 aromatic heterocycles. The van der Waals surface area contributed by atoms with Crippen LogP contribution in [-0.2, 0) is 11.3 Å². The van der Waals surface area contributed by atoms with Crippen molar-refractivity contribution in [3.8, 4) is 12.3 Å². The minimum atomic E-state index is -1.11. The molecule has 1 aromatic rings. The molecule has 0 fully saturated rings. The Labute approximate surface area is 104 Å². The van der Waals surface area contributed by atoms with Crippen LogP contribution in [0.3, 0.4) is 0 Å². The van der Waals surface area contributed by atoms with Crippen LogP contribution in [0.2, 0.25) is 0 Å². The van der Waals surface area contributed by atoms with Crippen LogP contribution in [0.5, 0.6) is 0 Å². The lowest BCUT2D eigenvalue weighted by molar-refractivity contribution is -0.137. The zero-order valence-corrected chi connectivity index (χ0v) is 9.61. The molecule has 18 heavy (non-hydrogen) atoms. The van der Waals surface area contributed by atoms with Gasteiger partial charge in [0.1, 0.15) is 6.54 Å². The van der Waals surface area contributed by atoms with Crippen molar-refractivity contribution in [1.82, 2.24) is 25.2 Å². The summed E-state index contributed by atoms with van der Waals surface area (Å²) in [5, 5.41) is 18.5. The van der Waals surface area contributed by atoms with Gasteiger partial charge in [0.05, 0.1) is 19.3 Å². The molecule has 0 saturated heterocycles. The number of carboxylic acids is 1. The number of carboxylic acid groups (broad SMARTS) is 1. The van der Waals surface area contributed by atoms with Crippen LogP contribution in [0, 0.1) is 12.3 Å². The van der Waals surface area contributed by atoms with E-state index in [4.69, 9.17) is 11.5 Å². The maximum Gasteiger partial charge on any atom is 0.323 e. The number of nitrogens with one attached hydrogen (secondary N) is 1.